The Morgan fingerprint density at radius 2 is 1.77 bits per heavy atom. The summed E-state index contributed by atoms with van der Waals surface area (Å²) in [4.78, 5) is 2.60. The van der Waals surface area contributed by atoms with Crippen LogP contribution >= 0.6 is 0 Å². The minimum atomic E-state index is -0.439. The molecule has 1 aliphatic heterocycles. The zero-order chi connectivity index (χ0) is 15.3. The molecule has 2 heteroatoms. The molecule has 2 fully saturated rings. The van der Waals surface area contributed by atoms with Crippen LogP contribution in [0.2, 0.25) is 0 Å². The minimum absolute atomic E-state index is 0.439. The number of hydrogen-bond acceptors (Lipinski definition) is 2. The van der Waals surface area contributed by atoms with Crippen molar-refractivity contribution in [2.45, 2.75) is 63.4 Å². The number of benzene rings is 1. The van der Waals surface area contributed by atoms with Crippen LogP contribution in [0.15, 0.2) is 30.3 Å². The lowest BCUT2D eigenvalue weighted by molar-refractivity contribution is -0.0667. The summed E-state index contributed by atoms with van der Waals surface area (Å²) in [5.41, 5.74) is 0.921. The third kappa shape index (κ3) is 4.11. The molecule has 2 atom stereocenters. The van der Waals surface area contributed by atoms with Crippen molar-refractivity contribution < 1.29 is 5.11 Å². The summed E-state index contributed by atoms with van der Waals surface area (Å²) in [5.74, 6) is 0.475. The highest BCUT2D eigenvalue weighted by Gasteiger charge is 2.39. The van der Waals surface area contributed by atoms with E-state index in [0.29, 0.717) is 5.92 Å². The smallest absolute Gasteiger partial charge is 0.0691 e. The predicted molar refractivity (Wildman–Crippen MR) is 92.0 cm³/mol. The lowest BCUT2D eigenvalue weighted by atomic mass is 9.72. The Kier molecular flexibility index (Phi) is 5.54. The van der Waals surface area contributed by atoms with E-state index in [2.05, 4.69) is 35.2 Å². The summed E-state index contributed by atoms with van der Waals surface area (Å²) in [6.45, 7) is 3.60. The number of likely N-dealkylation sites (tertiary alicyclic amines) is 1. The van der Waals surface area contributed by atoms with Crippen molar-refractivity contribution in [3.8, 4) is 0 Å². The highest BCUT2D eigenvalue weighted by Crippen LogP contribution is 2.38. The second-order valence-corrected chi connectivity index (χ2v) is 7.39. The van der Waals surface area contributed by atoms with E-state index in [1.54, 1.807) is 0 Å². The van der Waals surface area contributed by atoms with Crippen LogP contribution in [0.1, 0.15) is 56.9 Å². The van der Waals surface area contributed by atoms with Crippen LogP contribution < -0.4 is 0 Å². The minimum Gasteiger partial charge on any atom is -0.390 e. The maximum Gasteiger partial charge on any atom is 0.0691 e. The molecule has 1 aliphatic carbocycles. The Morgan fingerprint density at radius 1 is 1.00 bits per heavy atom. The van der Waals surface area contributed by atoms with Gasteiger partial charge in [-0.15, -0.1) is 0 Å². The molecule has 1 aromatic rings. The van der Waals surface area contributed by atoms with Crippen LogP contribution in [-0.2, 0) is 6.42 Å². The van der Waals surface area contributed by atoms with Gasteiger partial charge in [-0.3, -0.25) is 0 Å². The molecule has 22 heavy (non-hydrogen) atoms. The Hall–Kier alpha value is -0.860. The van der Waals surface area contributed by atoms with Crippen molar-refractivity contribution in [3.63, 3.8) is 0 Å². The molecule has 122 valence electrons. The van der Waals surface area contributed by atoms with Crippen molar-refractivity contribution in [2.75, 3.05) is 19.6 Å². The van der Waals surface area contributed by atoms with Crippen molar-refractivity contribution in [2.24, 2.45) is 5.92 Å². The monoisotopic (exact) mass is 301 g/mol. The molecule has 2 unspecified atom stereocenters. The van der Waals surface area contributed by atoms with Crippen LogP contribution in [0.25, 0.3) is 0 Å². The van der Waals surface area contributed by atoms with E-state index in [1.165, 1.54) is 57.2 Å². The van der Waals surface area contributed by atoms with Crippen LogP contribution in [0.3, 0.4) is 0 Å². The van der Waals surface area contributed by atoms with Gasteiger partial charge in [-0.2, -0.15) is 0 Å². The second kappa shape index (κ2) is 7.61. The third-order valence-electron chi connectivity index (χ3n) is 5.79. The lowest BCUT2D eigenvalue weighted by Gasteiger charge is -2.43. The van der Waals surface area contributed by atoms with Gasteiger partial charge in [-0.25, -0.2) is 0 Å². The molecule has 2 aliphatic rings. The normalized spacial score (nSPS) is 30.3. The quantitative estimate of drug-likeness (QED) is 0.887. The first-order valence-electron chi connectivity index (χ1n) is 9.25. The first-order chi connectivity index (χ1) is 10.8. The van der Waals surface area contributed by atoms with Gasteiger partial charge in [0.25, 0.3) is 0 Å². The summed E-state index contributed by atoms with van der Waals surface area (Å²) in [5, 5.41) is 11.3. The molecular weight excluding hydrogens is 270 g/mol. The topological polar surface area (TPSA) is 23.5 Å². The first-order valence-corrected chi connectivity index (χ1v) is 9.25. The van der Waals surface area contributed by atoms with E-state index in [-0.39, 0.29) is 0 Å². The van der Waals surface area contributed by atoms with Crippen molar-refractivity contribution in [1.29, 1.82) is 0 Å². The van der Waals surface area contributed by atoms with Crippen LogP contribution in [-0.4, -0.2) is 35.2 Å². The number of piperidine rings is 1. The molecule has 1 saturated heterocycles. The van der Waals surface area contributed by atoms with E-state index in [9.17, 15) is 5.11 Å². The maximum atomic E-state index is 11.3. The van der Waals surface area contributed by atoms with Crippen LogP contribution in [0.5, 0.6) is 0 Å². The molecule has 1 N–H and O–H groups in total. The van der Waals surface area contributed by atoms with Gasteiger partial charge in [0.15, 0.2) is 0 Å². The van der Waals surface area contributed by atoms with Crippen LogP contribution in [0.4, 0.5) is 0 Å². The van der Waals surface area contributed by atoms with Crippen molar-refractivity contribution in [1.82, 2.24) is 4.90 Å². The van der Waals surface area contributed by atoms with Crippen molar-refractivity contribution >= 4 is 0 Å². The molecule has 0 amide bonds. The Bertz CT molecular complexity index is 440. The molecule has 0 bridgehead atoms. The first kappa shape index (κ1) is 16.0. The van der Waals surface area contributed by atoms with Gasteiger partial charge in [0.05, 0.1) is 5.60 Å². The second-order valence-electron chi connectivity index (χ2n) is 7.39. The zero-order valence-electron chi connectivity index (χ0n) is 13.8. The van der Waals surface area contributed by atoms with Gasteiger partial charge in [0.2, 0.25) is 0 Å². The van der Waals surface area contributed by atoms with Gasteiger partial charge in [0.1, 0.15) is 0 Å². The zero-order valence-corrected chi connectivity index (χ0v) is 13.8. The van der Waals surface area contributed by atoms with E-state index < -0.39 is 5.60 Å². The van der Waals surface area contributed by atoms with Gasteiger partial charge in [-0.1, -0.05) is 49.6 Å². The van der Waals surface area contributed by atoms with Gasteiger partial charge < -0.3 is 10.0 Å². The Morgan fingerprint density at radius 3 is 2.55 bits per heavy atom. The molecule has 0 aromatic heterocycles. The largest absolute Gasteiger partial charge is 0.390 e. The number of rotatable bonds is 5. The molecule has 1 heterocycles. The fraction of sp³-hybridized carbons (Fsp3) is 0.700. The SMILES string of the molecule is OC1(CCc2ccccc2)CCCCC1CN1CCCCC1. The molecule has 0 radical (unpaired) electrons. The van der Waals surface area contributed by atoms with E-state index in [0.717, 1.165) is 25.8 Å². The summed E-state index contributed by atoms with van der Waals surface area (Å²) in [6.07, 6.45) is 10.7. The molecule has 3 rings (SSSR count). The molecule has 0 spiro atoms. The molecular formula is C20H31NO. The van der Waals surface area contributed by atoms with Crippen LogP contribution in [0, 0.1) is 5.92 Å². The predicted octanol–water partition coefficient (Wildman–Crippen LogP) is 4.03. The van der Waals surface area contributed by atoms with E-state index in [1.807, 2.05) is 0 Å². The Balaban J connectivity index is 1.59. The van der Waals surface area contributed by atoms with Crippen molar-refractivity contribution in [3.05, 3.63) is 35.9 Å². The van der Waals surface area contributed by atoms with E-state index in [4.69, 9.17) is 0 Å². The number of aliphatic hydroxyl groups is 1. The highest BCUT2D eigenvalue weighted by atomic mass is 16.3. The average Bonchev–Trinajstić information content (AvgIpc) is 2.57. The number of nitrogens with zero attached hydrogens (tertiary/aromatic N) is 1. The number of aryl methyl sites for hydroxylation is 1. The van der Waals surface area contributed by atoms with E-state index >= 15 is 0 Å². The Labute approximate surface area is 135 Å². The van der Waals surface area contributed by atoms with Gasteiger partial charge in [-0.05, 0) is 57.2 Å². The molecule has 2 nitrogen and oxygen atoms in total. The molecule has 1 saturated carbocycles. The third-order valence-corrected chi connectivity index (χ3v) is 5.79. The summed E-state index contributed by atoms with van der Waals surface area (Å²) in [7, 11) is 0. The summed E-state index contributed by atoms with van der Waals surface area (Å²) < 4.78 is 0. The standard InChI is InChI=1S/C20H31NO/c22-20(14-12-18-9-3-1-4-10-18)13-6-5-11-19(20)17-21-15-7-2-8-16-21/h1,3-4,9-10,19,22H,2,5-8,11-17H2. The summed E-state index contributed by atoms with van der Waals surface area (Å²) >= 11 is 0. The van der Waals surface area contributed by atoms with Gasteiger partial charge >= 0.3 is 0 Å². The maximum absolute atomic E-state index is 11.3. The van der Waals surface area contributed by atoms with Gasteiger partial charge in [0, 0.05) is 12.5 Å². The fourth-order valence-electron chi connectivity index (χ4n) is 4.34. The molecule has 1 aromatic carbocycles. The highest BCUT2D eigenvalue weighted by molar-refractivity contribution is 5.15. The average molecular weight is 301 g/mol. The number of hydrogen-bond donors (Lipinski definition) is 1. The lowest BCUT2D eigenvalue weighted by Crippen LogP contribution is -2.47. The fourth-order valence-corrected chi connectivity index (χ4v) is 4.34. The summed E-state index contributed by atoms with van der Waals surface area (Å²) in [6, 6.07) is 10.6.